The maximum atomic E-state index is 5.95. The minimum Gasteiger partial charge on any atom is -0.295 e. The van der Waals surface area contributed by atoms with Crippen LogP contribution < -0.4 is 5.32 Å². The predicted octanol–water partition coefficient (Wildman–Crippen LogP) is 4.73. The van der Waals surface area contributed by atoms with E-state index in [2.05, 4.69) is 43.4 Å². The Morgan fingerprint density at radius 2 is 1.00 bits per heavy atom. The van der Waals surface area contributed by atoms with Gasteiger partial charge in [-0.05, 0) is 49.2 Å². The monoisotopic (exact) mass is 291 g/mol. The summed E-state index contributed by atoms with van der Waals surface area (Å²) in [7, 11) is 0. The van der Waals surface area contributed by atoms with E-state index in [-0.39, 0.29) is 11.1 Å². The third-order valence-electron chi connectivity index (χ3n) is 4.28. The van der Waals surface area contributed by atoms with Crippen LogP contribution in [0.4, 0.5) is 0 Å². The van der Waals surface area contributed by atoms with Crippen LogP contribution in [0.25, 0.3) is 0 Å². The van der Waals surface area contributed by atoms with E-state index in [1.165, 1.54) is 11.1 Å². The summed E-state index contributed by atoms with van der Waals surface area (Å²) in [4.78, 5) is 0. The van der Waals surface area contributed by atoms with Crippen molar-refractivity contribution in [2.45, 2.75) is 24.9 Å². The van der Waals surface area contributed by atoms with Gasteiger partial charge in [-0.15, -0.1) is 0 Å². The first-order valence-corrected chi connectivity index (χ1v) is 7.03. The highest BCUT2D eigenvalue weighted by molar-refractivity contribution is 6.30. The molecule has 0 aliphatic carbocycles. The molecule has 0 amide bonds. The normalized spacial score (nSPS) is 29.3. The van der Waals surface area contributed by atoms with E-state index in [9.17, 15) is 0 Å². The summed E-state index contributed by atoms with van der Waals surface area (Å²) in [5.74, 6) is 0. The smallest absolute Gasteiger partial charge is 0.0637 e. The topological polar surface area (TPSA) is 21.9 Å². The largest absolute Gasteiger partial charge is 0.295 e. The van der Waals surface area contributed by atoms with E-state index in [1.807, 2.05) is 24.3 Å². The Kier molecular flexibility index (Phi) is 2.90. The number of benzene rings is 2. The average Bonchev–Trinajstić information content (AvgIpc) is 2.96. The Bertz CT molecular complexity index is 550. The molecule has 1 aliphatic rings. The van der Waals surface area contributed by atoms with Crippen LogP contribution in [0, 0.1) is 0 Å². The van der Waals surface area contributed by atoms with Crippen LogP contribution in [0.1, 0.15) is 25.0 Å². The summed E-state index contributed by atoms with van der Waals surface area (Å²) in [6.45, 7) is 4.43. The second kappa shape index (κ2) is 4.24. The van der Waals surface area contributed by atoms with Crippen molar-refractivity contribution >= 4 is 23.2 Å². The van der Waals surface area contributed by atoms with E-state index < -0.39 is 0 Å². The van der Waals surface area contributed by atoms with Crippen molar-refractivity contribution in [3.05, 3.63) is 69.7 Å². The van der Waals surface area contributed by atoms with Crippen LogP contribution >= 0.6 is 23.2 Å². The SMILES string of the molecule is CC1(c2ccc(Cl)cc2)NC1(C)c1ccc(Cl)cc1. The van der Waals surface area contributed by atoms with Crippen molar-refractivity contribution in [3.8, 4) is 0 Å². The molecule has 3 rings (SSSR count). The van der Waals surface area contributed by atoms with Crippen LogP contribution in [-0.2, 0) is 11.1 Å². The lowest BCUT2D eigenvalue weighted by atomic mass is 9.84. The van der Waals surface area contributed by atoms with Crippen LogP contribution in [-0.4, -0.2) is 0 Å². The van der Waals surface area contributed by atoms with Crippen LogP contribution in [0.3, 0.4) is 0 Å². The summed E-state index contributed by atoms with van der Waals surface area (Å²) < 4.78 is 0. The second-order valence-electron chi connectivity index (χ2n) is 5.39. The molecule has 1 saturated heterocycles. The quantitative estimate of drug-likeness (QED) is 0.794. The molecule has 2 aromatic rings. The van der Waals surface area contributed by atoms with Gasteiger partial charge in [-0.2, -0.15) is 0 Å². The fraction of sp³-hybridized carbons (Fsp3) is 0.250. The highest BCUT2D eigenvalue weighted by Gasteiger charge is 2.62. The summed E-state index contributed by atoms with van der Waals surface area (Å²) in [5, 5.41) is 5.14. The number of hydrogen-bond donors (Lipinski definition) is 1. The van der Waals surface area contributed by atoms with Gasteiger partial charge in [-0.25, -0.2) is 0 Å². The average molecular weight is 292 g/mol. The van der Waals surface area contributed by atoms with E-state index in [4.69, 9.17) is 23.2 Å². The fourth-order valence-corrected chi connectivity index (χ4v) is 3.01. The molecule has 0 spiro atoms. The molecule has 0 bridgehead atoms. The van der Waals surface area contributed by atoms with Gasteiger partial charge in [0.15, 0.2) is 0 Å². The maximum absolute atomic E-state index is 5.95. The van der Waals surface area contributed by atoms with Gasteiger partial charge in [0.25, 0.3) is 0 Å². The van der Waals surface area contributed by atoms with Crippen LogP contribution in [0.2, 0.25) is 10.0 Å². The molecular formula is C16H15Cl2N. The van der Waals surface area contributed by atoms with Gasteiger partial charge in [-0.3, -0.25) is 5.32 Å². The summed E-state index contributed by atoms with van der Waals surface area (Å²) in [5.41, 5.74) is 2.36. The van der Waals surface area contributed by atoms with Gasteiger partial charge in [0, 0.05) is 10.0 Å². The highest BCUT2D eigenvalue weighted by Crippen LogP contribution is 2.53. The third kappa shape index (κ3) is 1.97. The van der Waals surface area contributed by atoms with Crippen molar-refractivity contribution in [1.82, 2.24) is 5.32 Å². The first kappa shape index (κ1) is 13.0. The van der Waals surface area contributed by atoms with Crippen molar-refractivity contribution < 1.29 is 0 Å². The Hall–Kier alpha value is -1.02. The van der Waals surface area contributed by atoms with Gasteiger partial charge in [0.05, 0.1) is 11.1 Å². The highest BCUT2D eigenvalue weighted by atomic mass is 35.5. The number of halogens is 2. The summed E-state index contributed by atoms with van der Waals surface area (Å²) in [6, 6.07) is 16.1. The van der Waals surface area contributed by atoms with Gasteiger partial charge in [-0.1, -0.05) is 47.5 Å². The lowest BCUT2D eigenvalue weighted by molar-refractivity contribution is 0.620. The number of hydrogen-bond acceptors (Lipinski definition) is 1. The third-order valence-corrected chi connectivity index (χ3v) is 4.78. The molecule has 2 unspecified atom stereocenters. The summed E-state index contributed by atoms with van der Waals surface area (Å²) >= 11 is 11.9. The van der Waals surface area contributed by atoms with E-state index in [0.717, 1.165) is 10.0 Å². The van der Waals surface area contributed by atoms with Gasteiger partial charge in [0.2, 0.25) is 0 Å². The molecule has 0 saturated carbocycles. The maximum Gasteiger partial charge on any atom is 0.0637 e. The van der Waals surface area contributed by atoms with Gasteiger partial charge >= 0.3 is 0 Å². The summed E-state index contributed by atoms with van der Waals surface area (Å²) in [6.07, 6.45) is 0. The molecule has 98 valence electrons. The zero-order chi connectivity index (χ0) is 13.7. The molecule has 2 atom stereocenters. The molecule has 2 aromatic carbocycles. The molecule has 19 heavy (non-hydrogen) atoms. The molecular weight excluding hydrogens is 277 g/mol. The zero-order valence-electron chi connectivity index (χ0n) is 10.9. The van der Waals surface area contributed by atoms with Crippen molar-refractivity contribution in [1.29, 1.82) is 0 Å². The first-order chi connectivity index (χ1) is 8.96. The fourth-order valence-electron chi connectivity index (χ4n) is 2.76. The van der Waals surface area contributed by atoms with Gasteiger partial charge in [0.1, 0.15) is 0 Å². The molecule has 1 nitrogen and oxygen atoms in total. The molecule has 0 aromatic heterocycles. The molecule has 1 heterocycles. The Morgan fingerprint density at radius 3 is 1.32 bits per heavy atom. The Labute approximate surface area is 123 Å². The van der Waals surface area contributed by atoms with E-state index in [0.29, 0.717) is 0 Å². The lowest BCUT2D eigenvalue weighted by Crippen LogP contribution is -2.16. The van der Waals surface area contributed by atoms with E-state index >= 15 is 0 Å². The zero-order valence-corrected chi connectivity index (χ0v) is 12.4. The van der Waals surface area contributed by atoms with Crippen molar-refractivity contribution in [2.75, 3.05) is 0 Å². The van der Waals surface area contributed by atoms with Gasteiger partial charge < -0.3 is 0 Å². The standard InChI is InChI=1S/C16H15Cl2N/c1-15(11-3-7-13(17)8-4-11)16(2,19-15)12-5-9-14(18)10-6-12/h3-10,19H,1-2H3. The van der Waals surface area contributed by atoms with Crippen LogP contribution in [0.5, 0.6) is 0 Å². The molecule has 1 N–H and O–H groups in total. The van der Waals surface area contributed by atoms with Crippen molar-refractivity contribution in [2.24, 2.45) is 0 Å². The van der Waals surface area contributed by atoms with Crippen molar-refractivity contribution in [3.63, 3.8) is 0 Å². The molecule has 1 aliphatic heterocycles. The predicted molar refractivity (Wildman–Crippen MR) is 80.7 cm³/mol. The molecule has 0 radical (unpaired) electrons. The lowest BCUT2D eigenvalue weighted by Gasteiger charge is -2.17. The number of nitrogens with one attached hydrogen (secondary N) is 1. The molecule has 1 fully saturated rings. The Balaban J connectivity index is 1.96. The molecule has 3 heteroatoms. The second-order valence-corrected chi connectivity index (χ2v) is 6.26. The minimum absolute atomic E-state index is 0.0641. The first-order valence-electron chi connectivity index (χ1n) is 6.27. The number of rotatable bonds is 2. The minimum atomic E-state index is -0.0641. The van der Waals surface area contributed by atoms with E-state index in [1.54, 1.807) is 0 Å². The Morgan fingerprint density at radius 1 is 0.684 bits per heavy atom. The van der Waals surface area contributed by atoms with Crippen LogP contribution in [0.15, 0.2) is 48.5 Å².